The van der Waals surface area contributed by atoms with Gasteiger partial charge >= 0.3 is 0 Å². The highest BCUT2D eigenvalue weighted by Gasteiger charge is 2.20. The molecule has 2 aromatic rings. The fourth-order valence-corrected chi connectivity index (χ4v) is 2.31. The van der Waals surface area contributed by atoms with Crippen LogP contribution >= 0.6 is 0 Å². The minimum atomic E-state index is -0.557. The summed E-state index contributed by atoms with van der Waals surface area (Å²) in [6.45, 7) is 0. The summed E-state index contributed by atoms with van der Waals surface area (Å²) >= 11 is 0. The number of nitrogens with zero attached hydrogens (tertiary/aromatic N) is 3. The predicted octanol–water partition coefficient (Wildman–Crippen LogP) is 2.97. The minimum Gasteiger partial charge on any atom is -0.324 e. The highest BCUT2D eigenvalue weighted by molar-refractivity contribution is 6.17. The molecule has 0 aliphatic carbocycles. The van der Waals surface area contributed by atoms with Crippen molar-refractivity contribution in [3.05, 3.63) is 68.3 Å². The van der Waals surface area contributed by atoms with E-state index in [1.165, 1.54) is 42.5 Å². The number of hydrogen-bond donors (Lipinski definition) is 1. The zero-order chi connectivity index (χ0) is 17.3. The van der Waals surface area contributed by atoms with Crippen LogP contribution in [0.1, 0.15) is 12.0 Å². The summed E-state index contributed by atoms with van der Waals surface area (Å²) in [5, 5.41) is 24.1. The van der Waals surface area contributed by atoms with Gasteiger partial charge in [-0.3, -0.25) is 30.0 Å². The standard InChI is InChI=1S/C15H10N4O5/c20-15-8-13(9-1-3-10(4-2-9)18(21)22)16-12-6-5-11(19(23)24)7-14(12)17-15/h1-7H,8H2,(H,17,20). The molecule has 0 saturated heterocycles. The van der Waals surface area contributed by atoms with Crippen LogP contribution in [0, 0.1) is 20.2 Å². The van der Waals surface area contributed by atoms with Crippen LogP contribution in [0.3, 0.4) is 0 Å². The van der Waals surface area contributed by atoms with E-state index < -0.39 is 9.85 Å². The number of carbonyl (C=O) groups excluding carboxylic acids is 1. The molecule has 2 aromatic carbocycles. The molecular formula is C15H10N4O5. The van der Waals surface area contributed by atoms with Crippen LogP contribution in [-0.4, -0.2) is 21.5 Å². The molecule has 0 spiro atoms. The highest BCUT2D eigenvalue weighted by atomic mass is 16.6. The van der Waals surface area contributed by atoms with Gasteiger partial charge in [0, 0.05) is 24.3 Å². The summed E-state index contributed by atoms with van der Waals surface area (Å²) < 4.78 is 0. The van der Waals surface area contributed by atoms with E-state index >= 15 is 0 Å². The molecule has 3 rings (SSSR count). The Kier molecular flexibility index (Phi) is 3.74. The van der Waals surface area contributed by atoms with Crippen molar-refractivity contribution in [1.82, 2.24) is 0 Å². The predicted molar refractivity (Wildman–Crippen MR) is 85.6 cm³/mol. The highest BCUT2D eigenvalue weighted by Crippen LogP contribution is 2.32. The van der Waals surface area contributed by atoms with Crippen molar-refractivity contribution in [2.75, 3.05) is 5.32 Å². The van der Waals surface area contributed by atoms with Gasteiger partial charge in [0.25, 0.3) is 11.4 Å². The van der Waals surface area contributed by atoms with E-state index in [0.29, 0.717) is 17.0 Å². The van der Waals surface area contributed by atoms with E-state index in [2.05, 4.69) is 10.3 Å². The number of amides is 1. The van der Waals surface area contributed by atoms with Gasteiger partial charge in [-0.15, -0.1) is 0 Å². The summed E-state index contributed by atoms with van der Waals surface area (Å²) in [5.41, 5.74) is 1.43. The lowest BCUT2D eigenvalue weighted by atomic mass is 10.1. The topological polar surface area (TPSA) is 128 Å². The van der Waals surface area contributed by atoms with Crippen LogP contribution in [0.25, 0.3) is 0 Å². The molecule has 0 unspecified atom stereocenters. The first-order valence-electron chi connectivity index (χ1n) is 6.85. The van der Waals surface area contributed by atoms with Crippen molar-refractivity contribution >= 4 is 34.4 Å². The minimum absolute atomic E-state index is 0.0414. The molecular weight excluding hydrogens is 316 g/mol. The van der Waals surface area contributed by atoms with Crippen molar-refractivity contribution in [2.24, 2.45) is 4.99 Å². The van der Waals surface area contributed by atoms with Gasteiger partial charge in [-0.2, -0.15) is 0 Å². The zero-order valence-corrected chi connectivity index (χ0v) is 12.1. The number of hydrogen-bond acceptors (Lipinski definition) is 6. The third-order valence-electron chi connectivity index (χ3n) is 3.46. The van der Waals surface area contributed by atoms with Crippen molar-refractivity contribution in [1.29, 1.82) is 0 Å². The third kappa shape index (κ3) is 2.95. The maximum absolute atomic E-state index is 12.0. The Labute approximate surface area is 134 Å². The van der Waals surface area contributed by atoms with Gasteiger partial charge in [0.1, 0.15) is 0 Å². The molecule has 1 aliphatic heterocycles. The molecule has 0 radical (unpaired) electrons. The molecule has 1 heterocycles. The number of benzene rings is 2. The monoisotopic (exact) mass is 326 g/mol. The van der Waals surface area contributed by atoms with Crippen LogP contribution < -0.4 is 5.32 Å². The van der Waals surface area contributed by atoms with E-state index in [-0.39, 0.29) is 29.4 Å². The van der Waals surface area contributed by atoms with E-state index in [1.54, 1.807) is 0 Å². The Balaban J connectivity index is 2.03. The SMILES string of the molecule is O=C1CC(c2ccc([N+](=O)[O-])cc2)=Nc2ccc([N+](=O)[O-])cc2N1. The Morgan fingerprint density at radius 1 is 0.958 bits per heavy atom. The van der Waals surface area contributed by atoms with E-state index in [9.17, 15) is 25.0 Å². The number of aliphatic imine (C=N–C) groups is 1. The van der Waals surface area contributed by atoms with Crippen molar-refractivity contribution in [2.45, 2.75) is 6.42 Å². The number of nitrogens with one attached hydrogen (secondary N) is 1. The summed E-state index contributed by atoms with van der Waals surface area (Å²) in [5.74, 6) is -0.369. The first kappa shape index (κ1) is 15.3. The lowest BCUT2D eigenvalue weighted by Crippen LogP contribution is -2.15. The Morgan fingerprint density at radius 2 is 1.58 bits per heavy atom. The maximum atomic E-state index is 12.0. The number of nitro benzene ring substituents is 2. The third-order valence-corrected chi connectivity index (χ3v) is 3.46. The summed E-state index contributed by atoms with van der Waals surface area (Å²) in [7, 11) is 0. The summed E-state index contributed by atoms with van der Waals surface area (Å²) in [4.78, 5) is 36.9. The first-order chi connectivity index (χ1) is 11.4. The summed E-state index contributed by atoms with van der Waals surface area (Å²) in [6.07, 6.45) is -0.0414. The lowest BCUT2D eigenvalue weighted by Gasteiger charge is -2.03. The maximum Gasteiger partial charge on any atom is 0.271 e. The molecule has 0 bridgehead atoms. The number of carbonyl (C=O) groups is 1. The second-order valence-electron chi connectivity index (χ2n) is 5.05. The van der Waals surface area contributed by atoms with Crippen LogP contribution in [0.2, 0.25) is 0 Å². The van der Waals surface area contributed by atoms with Crippen molar-refractivity contribution in [3.8, 4) is 0 Å². The molecule has 24 heavy (non-hydrogen) atoms. The normalized spacial score (nSPS) is 13.3. The molecule has 0 atom stereocenters. The second-order valence-corrected chi connectivity index (χ2v) is 5.05. The Morgan fingerprint density at radius 3 is 2.21 bits per heavy atom. The van der Waals surface area contributed by atoms with E-state index in [4.69, 9.17) is 0 Å². The average Bonchev–Trinajstić information content (AvgIpc) is 2.72. The number of rotatable bonds is 3. The molecule has 0 fully saturated rings. The van der Waals surface area contributed by atoms with Crippen molar-refractivity contribution in [3.63, 3.8) is 0 Å². The molecule has 1 N–H and O–H groups in total. The Bertz CT molecular complexity index is 889. The van der Waals surface area contributed by atoms with E-state index in [0.717, 1.165) is 0 Å². The van der Waals surface area contributed by atoms with Crippen LogP contribution in [0.15, 0.2) is 47.5 Å². The van der Waals surface area contributed by atoms with Crippen LogP contribution in [0.5, 0.6) is 0 Å². The first-order valence-corrected chi connectivity index (χ1v) is 6.85. The zero-order valence-electron chi connectivity index (χ0n) is 12.1. The molecule has 120 valence electrons. The Hall–Kier alpha value is -3.62. The van der Waals surface area contributed by atoms with Gasteiger partial charge < -0.3 is 5.32 Å². The lowest BCUT2D eigenvalue weighted by molar-refractivity contribution is -0.385. The fourth-order valence-electron chi connectivity index (χ4n) is 2.31. The van der Waals surface area contributed by atoms with E-state index in [1.807, 2.05) is 0 Å². The molecule has 0 saturated carbocycles. The van der Waals surface area contributed by atoms with Gasteiger partial charge in [-0.25, -0.2) is 0 Å². The van der Waals surface area contributed by atoms with Gasteiger partial charge in [0.15, 0.2) is 0 Å². The van der Waals surface area contributed by atoms with Gasteiger partial charge in [0.2, 0.25) is 5.91 Å². The summed E-state index contributed by atoms with van der Waals surface area (Å²) in [6, 6.07) is 9.68. The number of anilines is 1. The number of fused-ring (bicyclic) bond motifs is 1. The molecule has 1 amide bonds. The fraction of sp³-hybridized carbons (Fsp3) is 0.0667. The number of nitro groups is 2. The number of non-ortho nitro benzene ring substituents is 2. The quantitative estimate of drug-likeness (QED) is 0.685. The van der Waals surface area contributed by atoms with Crippen molar-refractivity contribution < 1.29 is 14.6 Å². The van der Waals surface area contributed by atoms with Gasteiger partial charge in [-0.05, 0) is 23.8 Å². The van der Waals surface area contributed by atoms with Gasteiger partial charge in [0.05, 0.1) is 33.4 Å². The average molecular weight is 326 g/mol. The smallest absolute Gasteiger partial charge is 0.271 e. The molecule has 1 aliphatic rings. The molecule has 9 heteroatoms. The van der Waals surface area contributed by atoms with Crippen LogP contribution in [-0.2, 0) is 4.79 Å². The molecule has 9 nitrogen and oxygen atoms in total. The molecule has 0 aromatic heterocycles. The largest absolute Gasteiger partial charge is 0.324 e. The van der Waals surface area contributed by atoms with Gasteiger partial charge in [-0.1, -0.05) is 0 Å². The van der Waals surface area contributed by atoms with Crippen LogP contribution in [0.4, 0.5) is 22.7 Å². The second kappa shape index (κ2) is 5.88.